The number of aliphatic imine (C=N–C) groups is 1. The van der Waals surface area contributed by atoms with Crippen LogP contribution in [-0.4, -0.2) is 30.5 Å². The maximum Gasteiger partial charge on any atom is 0.251 e. The summed E-state index contributed by atoms with van der Waals surface area (Å²) in [5.41, 5.74) is 9.60. The van der Waals surface area contributed by atoms with Crippen LogP contribution in [-0.2, 0) is 12.8 Å². The second kappa shape index (κ2) is 8.44. The van der Waals surface area contributed by atoms with Crippen molar-refractivity contribution in [2.75, 3.05) is 0 Å². The highest BCUT2D eigenvalue weighted by Gasteiger charge is 2.55. The highest BCUT2D eigenvalue weighted by atomic mass is 35.5. The Labute approximate surface area is 246 Å². The second-order valence-electron chi connectivity index (χ2n) is 12.5. The van der Waals surface area contributed by atoms with Crippen molar-refractivity contribution in [1.82, 2.24) is 24.8 Å². The first-order valence-electron chi connectivity index (χ1n) is 14.4. The quantitative estimate of drug-likeness (QED) is 0.207. The average Bonchev–Trinajstić information content (AvgIpc) is 3.77. The molecule has 2 aliphatic heterocycles. The first kappa shape index (κ1) is 24.4. The lowest BCUT2D eigenvalue weighted by atomic mass is 9.77. The van der Waals surface area contributed by atoms with Crippen molar-refractivity contribution in [1.29, 1.82) is 0 Å². The topological polar surface area (TPSA) is 78.0 Å². The van der Waals surface area contributed by atoms with Crippen LogP contribution in [0.2, 0.25) is 5.02 Å². The first-order valence-corrected chi connectivity index (χ1v) is 14.8. The number of allylic oxidation sites excluding steroid dienone is 2. The molecular weight excluding hydrogens is 551 g/mol. The zero-order valence-corrected chi connectivity index (χ0v) is 23.5. The summed E-state index contributed by atoms with van der Waals surface area (Å²) < 4.78 is 18.9. The summed E-state index contributed by atoms with van der Waals surface area (Å²) in [6.07, 6.45) is 7.22. The number of pyridine rings is 1. The van der Waals surface area contributed by atoms with Crippen LogP contribution in [0.1, 0.15) is 60.0 Å². The number of halogens is 2. The summed E-state index contributed by atoms with van der Waals surface area (Å²) in [7, 11) is 0. The lowest BCUT2D eigenvalue weighted by Crippen LogP contribution is -2.29. The van der Waals surface area contributed by atoms with Gasteiger partial charge in [0, 0.05) is 46.0 Å². The van der Waals surface area contributed by atoms with E-state index >= 15 is 4.39 Å². The highest BCUT2D eigenvalue weighted by molar-refractivity contribution is 6.31. The van der Waals surface area contributed by atoms with Gasteiger partial charge in [0.25, 0.3) is 5.56 Å². The van der Waals surface area contributed by atoms with E-state index in [0.717, 1.165) is 53.0 Å². The molecule has 3 unspecified atom stereocenters. The Balaban J connectivity index is 1.04. The molecule has 7 nitrogen and oxygen atoms in total. The van der Waals surface area contributed by atoms with Crippen molar-refractivity contribution >= 4 is 22.9 Å². The van der Waals surface area contributed by atoms with E-state index in [9.17, 15) is 4.79 Å². The number of nitrogens with zero attached hydrogens (tertiary/aromatic N) is 6. The Morgan fingerprint density at radius 1 is 1.02 bits per heavy atom. The van der Waals surface area contributed by atoms with Crippen molar-refractivity contribution in [3.63, 3.8) is 0 Å². The van der Waals surface area contributed by atoms with Gasteiger partial charge in [0.05, 0.1) is 11.7 Å². The van der Waals surface area contributed by atoms with Crippen LogP contribution < -0.4 is 5.56 Å². The van der Waals surface area contributed by atoms with Gasteiger partial charge < -0.3 is 4.57 Å². The molecule has 3 atom stereocenters. The van der Waals surface area contributed by atoms with Gasteiger partial charge in [0.1, 0.15) is 6.33 Å². The average molecular weight is 577 g/mol. The standard InChI is InChI=1S/C33H26ClFN6O/c1-17-8-18-2-3-19(9-21(18)15-33(17)6-7-33)24-14-27(37-32(24)35)31-26-13-25(26)29-10-20(11-30(42)41(29)31)23-12-22(34)4-5-28(23)40-16-36-38-39-40/h2-5,9-12,16,25-26,31H,1,6-8,13-15H2. The fourth-order valence-corrected chi connectivity index (χ4v) is 7.83. The zero-order valence-electron chi connectivity index (χ0n) is 22.7. The maximum atomic E-state index is 15.5. The van der Waals surface area contributed by atoms with Gasteiger partial charge in [-0.3, -0.25) is 4.79 Å². The normalized spacial score (nSPS) is 24.5. The summed E-state index contributed by atoms with van der Waals surface area (Å²) in [4.78, 5) is 18.2. The number of tetrazole rings is 1. The third kappa shape index (κ3) is 3.54. The van der Waals surface area contributed by atoms with Crippen LogP contribution in [0, 0.1) is 11.3 Å². The smallest absolute Gasteiger partial charge is 0.251 e. The number of benzene rings is 2. The molecule has 5 aliphatic rings. The molecule has 4 heterocycles. The summed E-state index contributed by atoms with van der Waals surface area (Å²) >= 11 is 6.37. The van der Waals surface area contributed by atoms with Crippen LogP contribution in [0.15, 0.2) is 82.7 Å². The van der Waals surface area contributed by atoms with E-state index in [2.05, 4.69) is 45.3 Å². The van der Waals surface area contributed by atoms with Crippen molar-refractivity contribution < 1.29 is 4.39 Å². The number of hydrogen-bond acceptors (Lipinski definition) is 5. The minimum absolute atomic E-state index is 0.123. The molecule has 3 aliphatic carbocycles. The van der Waals surface area contributed by atoms with Crippen molar-refractivity contribution in [2.24, 2.45) is 16.3 Å². The Morgan fingerprint density at radius 2 is 1.90 bits per heavy atom. The van der Waals surface area contributed by atoms with Gasteiger partial charge in [0.15, 0.2) is 0 Å². The second-order valence-corrected chi connectivity index (χ2v) is 13.0. The molecule has 42 heavy (non-hydrogen) atoms. The van der Waals surface area contributed by atoms with E-state index < -0.39 is 5.95 Å². The molecule has 9 heteroatoms. The van der Waals surface area contributed by atoms with Crippen LogP contribution in [0.3, 0.4) is 0 Å². The molecular formula is C33H26ClFN6O. The van der Waals surface area contributed by atoms with E-state index in [1.165, 1.54) is 35.9 Å². The van der Waals surface area contributed by atoms with Gasteiger partial charge in [-0.05, 0) is 100 Å². The minimum Gasteiger partial charge on any atom is -0.303 e. The number of rotatable bonds is 4. The minimum atomic E-state index is -0.424. The third-order valence-corrected chi connectivity index (χ3v) is 10.4. The molecule has 2 aromatic carbocycles. The van der Waals surface area contributed by atoms with E-state index in [4.69, 9.17) is 11.6 Å². The predicted octanol–water partition coefficient (Wildman–Crippen LogP) is 6.42. The lowest BCUT2D eigenvalue weighted by Gasteiger charge is -2.27. The molecule has 0 bridgehead atoms. The SMILES string of the molecule is C=C1Cc2ccc(C3=C(F)N=C(C4C5CC5c5cc(-c6cc(Cl)ccc6-n6cnnn6)cc(=O)n54)C3)cc2CC12CC2. The summed E-state index contributed by atoms with van der Waals surface area (Å²) in [5, 5.41) is 12.1. The van der Waals surface area contributed by atoms with Crippen molar-refractivity contribution in [2.45, 2.75) is 50.5 Å². The molecule has 208 valence electrons. The van der Waals surface area contributed by atoms with Crippen molar-refractivity contribution in [3.8, 4) is 16.8 Å². The molecule has 9 rings (SSSR count). The van der Waals surface area contributed by atoms with Crippen LogP contribution in [0.25, 0.3) is 22.4 Å². The molecule has 2 fully saturated rings. The van der Waals surface area contributed by atoms with E-state index in [1.807, 2.05) is 22.8 Å². The summed E-state index contributed by atoms with van der Waals surface area (Å²) in [6.45, 7) is 4.34. The van der Waals surface area contributed by atoms with Gasteiger partial charge in [-0.2, -0.15) is 9.07 Å². The molecule has 0 radical (unpaired) electrons. The molecule has 2 aromatic heterocycles. The molecule has 0 saturated heterocycles. The van der Waals surface area contributed by atoms with Crippen LogP contribution in [0.4, 0.5) is 4.39 Å². The summed E-state index contributed by atoms with van der Waals surface area (Å²) in [5.74, 6) is 0.0767. The predicted molar refractivity (Wildman–Crippen MR) is 158 cm³/mol. The van der Waals surface area contributed by atoms with Gasteiger partial charge in [-0.15, -0.1) is 5.10 Å². The van der Waals surface area contributed by atoms with Gasteiger partial charge in [-0.25, -0.2) is 4.99 Å². The highest BCUT2D eigenvalue weighted by Crippen LogP contribution is 2.61. The van der Waals surface area contributed by atoms with Crippen molar-refractivity contribution in [3.05, 3.63) is 111 Å². The Kier molecular flexibility index (Phi) is 4.91. The fourth-order valence-electron chi connectivity index (χ4n) is 7.66. The number of fused-ring (bicyclic) bond motifs is 4. The Hall–Kier alpha value is -4.17. The molecule has 4 aromatic rings. The largest absolute Gasteiger partial charge is 0.303 e. The lowest BCUT2D eigenvalue weighted by molar-refractivity contribution is 0.563. The van der Waals surface area contributed by atoms with Crippen LogP contribution in [0.5, 0.6) is 0 Å². The fraction of sp³-hybridized carbons (Fsp3) is 0.303. The van der Waals surface area contributed by atoms with E-state index in [0.29, 0.717) is 17.0 Å². The maximum absolute atomic E-state index is 15.5. The van der Waals surface area contributed by atoms with Gasteiger partial charge in [-0.1, -0.05) is 42.0 Å². The summed E-state index contributed by atoms with van der Waals surface area (Å²) in [6, 6.07) is 15.2. The molecule has 0 amide bonds. The van der Waals surface area contributed by atoms with Gasteiger partial charge >= 0.3 is 0 Å². The van der Waals surface area contributed by atoms with Crippen LogP contribution >= 0.6 is 11.6 Å². The zero-order chi connectivity index (χ0) is 28.3. The van der Waals surface area contributed by atoms with E-state index in [-0.39, 0.29) is 28.9 Å². The Morgan fingerprint density at radius 3 is 2.71 bits per heavy atom. The first-order chi connectivity index (χ1) is 20.4. The molecule has 2 saturated carbocycles. The molecule has 0 N–H and O–H groups in total. The monoisotopic (exact) mass is 576 g/mol. The Bertz CT molecular complexity index is 1990. The molecule has 1 spiro atoms. The van der Waals surface area contributed by atoms with E-state index in [1.54, 1.807) is 16.8 Å². The number of aromatic nitrogens is 5. The number of hydrogen-bond donors (Lipinski definition) is 0. The van der Waals surface area contributed by atoms with Gasteiger partial charge in [0.2, 0.25) is 5.95 Å². The third-order valence-electron chi connectivity index (χ3n) is 10.1.